The van der Waals surface area contributed by atoms with Crippen LogP contribution in [0.25, 0.3) is 10.9 Å². The molecule has 0 aliphatic carbocycles. The first kappa shape index (κ1) is 29.1. The highest BCUT2D eigenvalue weighted by molar-refractivity contribution is 5.98. The fraction of sp³-hybridized carbons (Fsp3) is 0.429. The number of carbonyl (C=O) groups excluding carboxylic acids is 2. The predicted molar refractivity (Wildman–Crippen MR) is 151 cm³/mol. The minimum atomic E-state index is -0.756. The fourth-order valence-corrected chi connectivity index (χ4v) is 4.56. The van der Waals surface area contributed by atoms with E-state index < -0.39 is 12.1 Å². The van der Waals surface area contributed by atoms with E-state index in [9.17, 15) is 9.59 Å². The third-order valence-electron chi connectivity index (χ3n) is 6.83. The van der Waals surface area contributed by atoms with Crippen molar-refractivity contribution in [1.29, 1.82) is 0 Å². The van der Waals surface area contributed by atoms with E-state index in [1.807, 2.05) is 36.4 Å². The number of fused-ring (bicyclic) bond motifs is 1. The van der Waals surface area contributed by atoms with Gasteiger partial charge in [0.05, 0.1) is 50.1 Å². The van der Waals surface area contributed by atoms with E-state index in [2.05, 4.69) is 27.6 Å². The third kappa shape index (κ3) is 8.84. The lowest BCUT2D eigenvalue weighted by Gasteiger charge is -2.34. The molecule has 1 aromatic carbocycles. The van der Waals surface area contributed by atoms with Crippen LogP contribution in [-0.2, 0) is 16.0 Å². The van der Waals surface area contributed by atoms with Crippen LogP contribution in [0, 0.1) is 0 Å². The summed E-state index contributed by atoms with van der Waals surface area (Å²) in [6.45, 7) is 3.62. The Balaban J connectivity index is 1.63. The average molecular weight is 522 g/mol. The van der Waals surface area contributed by atoms with Gasteiger partial charge in [0.1, 0.15) is 6.04 Å². The number of hydrogen-bond acceptors (Lipinski definition) is 7. The van der Waals surface area contributed by atoms with Crippen molar-refractivity contribution in [3.8, 4) is 0 Å². The third-order valence-corrected chi connectivity index (χ3v) is 6.83. The normalized spacial score (nSPS) is 13.2. The molecule has 204 valence electrons. The Morgan fingerprint density at radius 2 is 1.71 bits per heavy atom. The van der Waals surface area contributed by atoms with Crippen LogP contribution in [0.5, 0.6) is 0 Å². The zero-order chi connectivity index (χ0) is 27.4. The maximum absolute atomic E-state index is 13.3. The highest BCUT2D eigenvalue weighted by Gasteiger charge is 2.25. The number of hydrogen-bond donors (Lipinski definition) is 5. The number of pyridine rings is 2. The number of nitrogens with one attached hydrogen (secondary N) is 2. The summed E-state index contributed by atoms with van der Waals surface area (Å²) in [5.41, 5.74) is 20.2. The van der Waals surface area contributed by atoms with Gasteiger partial charge in [-0.15, -0.1) is 0 Å². The monoisotopic (exact) mass is 521 g/mol. The van der Waals surface area contributed by atoms with Crippen LogP contribution < -0.4 is 27.8 Å². The molecular formula is C28H41N8O2+. The fourth-order valence-electron chi connectivity index (χ4n) is 4.56. The summed E-state index contributed by atoms with van der Waals surface area (Å²) in [6.07, 6.45) is 7.27. The summed E-state index contributed by atoms with van der Waals surface area (Å²) in [7, 11) is 2.12. The molecule has 0 saturated carbocycles. The van der Waals surface area contributed by atoms with Gasteiger partial charge in [0.25, 0.3) is 0 Å². The quantitative estimate of drug-likeness (QED) is 0.187. The van der Waals surface area contributed by atoms with Gasteiger partial charge in [-0.25, -0.2) is 0 Å². The van der Waals surface area contributed by atoms with Crippen molar-refractivity contribution in [3.63, 3.8) is 0 Å². The number of benzene rings is 1. The molecule has 0 saturated heterocycles. The number of likely N-dealkylation sites (N-methyl/N-ethyl adjacent to an activating group) is 1. The Hall–Kier alpha value is -3.44. The molecule has 0 bridgehead atoms. The Kier molecular flexibility index (Phi) is 11.1. The van der Waals surface area contributed by atoms with Crippen molar-refractivity contribution >= 4 is 28.4 Å². The first-order chi connectivity index (χ1) is 18.3. The van der Waals surface area contributed by atoms with Gasteiger partial charge in [-0.2, -0.15) is 0 Å². The van der Waals surface area contributed by atoms with Crippen molar-refractivity contribution in [2.45, 2.75) is 37.8 Å². The largest absolute Gasteiger partial charge is 0.343 e. The minimum absolute atomic E-state index is 0.318. The maximum atomic E-state index is 13.3. The number of nitrogens with zero attached hydrogens (tertiary/aromatic N) is 3. The average Bonchev–Trinajstić information content (AvgIpc) is 2.91. The van der Waals surface area contributed by atoms with Gasteiger partial charge < -0.3 is 32.3 Å². The number of nitrogens with two attached hydrogens (primary N) is 3. The smallest absolute Gasteiger partial charge is 0.247 e. The highest BCUT2D eigenvalue weighted by atomic mass is 16.2. The topological polar surface area (TPSA) is 162 Å². The van der Waals surface area contributed by atoms with E-state index in [1.165, 1.54) is 0 Å². The van der Waals surface area contributed by atoms with Gasteiger partial charge in [0.2, 0.25) is 11.8 Å². The van der Waals surface area contributed by atoms with Crippen LogP contribution in [0.1, 0.15) is 24.8 Å². The molecule has 38 heavy (non-hydrogen) atoms. The second-order valence-corrected chi connectivity index (χ2v) is 9.98. The molecule has 3 aromatic rings. The number of amides is 2. The molecule has 2 amide bonds. The lowest BCUT2D eigenvalue weighted by Crippen LogP contribution is -2.52. The molecule has 2 aromatic heterocycles. The summed E-state index contributed by atoms with van der Waals surface area (Å²) >= 11 is 0. The molecule has 0 radical (unpaired) electrons. The molecule has 0 unspecified atom stereocenters. The lowest BCUT2D eigenvalue weighted by atomic mass is 10.0. The van der Waals surface area contributed by atoms with Gasteiger partial charge in [-0.1, -0.05) is 30.3 Å². The molecular weight excluding hydrogens is 480 g/mol. The van der Waals surface area contributed by atoms with Gasteiger partial charge in [-0.05, 0) is 43.4 Å². The molecule has 8 N–H and O–H groups in total. The first-order valence-electron chi connectivity index (χ1n) is 13.2. The van der Waals surface area contributed by atoms with Crippen molar-refractivity contribution in [3.05, 3.63) is 66.6 Å². The highest BCUT2D eigenvalue weighted by Crippen LogP contribution is 2.16. The number of carbonyl (C=O) groups is 2. The maximum Gasteiger partial charge on any atom is 0.247 e. The number of aryl methyl sites for hydroxylation is 1. The minimum Gasteiger partial charge on any atom is -0.343 e. The lowest BCUT2D eigenvalue weighted by molar-refractivity contribution is -0.907. The summed E-state index contributed by atoms with van der Waals surface area (Å²) in [6, 6.07) is 12.0. The van der Waals surface area contributed by atoms with Crippen molar-refractivity contribution in [1.82, 2.24) is 15.3 Å². The van der Waals surface area contributed by atoms with Crippen LogP contribution >= 0.6 is 0 Å². The van der Waals surface area contributed by atoms with E-state index in [0.29, 0.717) is 38.0 Å². The molecule has 2 heterocycles. The molecule has 0 aliphatic rings. The first-order valence-corrected chi connectivity index (χ1v) is 13.2. The zero-order valence-electron chi connectivity index (χ0n) is 22.2. The van der Waals surface area contributed by atoms with Crippen LogP contribution in [-0.4, -0.2) is 78.1 Å². The van der Waals surface area contributed by atoms with Crippen LogP contribution in [0.2, 0.25) is 0 Å². The second kappa shape index (κ2) is 14.5. The zero-order valence-corrected chi connectivity index (χ0v) is 22.2. The van der Waals surface area contributed by atoms with Crippen molar-refractivity contribution in [2.24, 2.45) is 17.2 Å². The summed E-state index contributed by atoms with van der Waals surface area (Å²) in [5.74, 6) is -0.660. The van der Waals surface area contributed by atoms with E-state index in [4.69, 9.17) is 17.2 Å². The molecule has 0 aliphatic heterocycles. The summed E-state index contributed by atoms with van der Waals surface area (Å²) in [5, 5.41) is 6.60. The molecule has 0 fully saturated rings. The number of quaternary nitrogens is 1. The molecule has 2 atom stereocenters. The standard InChI is InChI=1S/C28H40N8O2/c1-36(16-12-29,17-13-30)15-5-8-24(31)27(37)35-26(10-9-21-6-3-2-4-7-21)28(38)34-23-18-22-19-32-14-11-25(22)33-20-23/h2-4,6-7,11,14,18-20,24,26H,5,8-10,12-13,15-17,29-31H2,1H3,(H-,34,35,37,38)/p+1/t24-,26-/m0/s1. The number of aromatic nitrogens is 2. The van der Waals surface area contributed by atoms with E-state index >= 15 is 0 Å². The molecule has 10 heteroatoms. The van der Waals surface area contributed by atoms with Crippen LogP contribution in [0.15, 0.2) is 61.1 Å². The predicted octanol–water partition coefficient (Wildman–Crippen LogP) is 1.16. The summed E-state index contributed by atoms with van der Waals surface area (Å²) in [4.78, 5) is 34.8. The SMILES string of the molecule is C[N+](CCN)(CCN)CCC[C@H](N)C(=O)N[C@@H](CCc1ccccc1)C(=O)Nc1cnc2ccncc2c1. The molecule has 0 spiro atoms. The van der Waals surface area contributed by atoms with Gasteiger partial charge in [0.15, 0.2) is 0 Å². The Bertz CT molecular complexity index is 1170. The number of anilines is 1. The van der Waals surface area contributed by atoms with Crippen molar-refractivity contribution < 1.29 is 14.1 Å². The number of rotatable bonds is 15. The second-order valence-electron chi connectivity index (χ2n) is 9.98. The van der Waals surface area contributed by atoms with E-state index in [-0.39, 0.29) is 11.8 Å². The summed E-state index contributed by atoms with van der Waals surface area (Å²) < 4.78 is 0.749. The van der Waals surface area contributed by atoms with E-state index in [0.717, 1.165) is 47.0 Å². The Morgan fingerprint density at radius 3 is 2.42 bits per heavy atom. The van der Waals surface area contributed by atoms with E-state index in [1.54, 1.807) is 24.7 Å². The van der Waals surface area contributed by atoms with Crippen molar-refractivity contribution in [2.75, 3.05) is 45.1 Å². The molecule has 10 nitrogen and oxygen atoms in total. The molecule has 3 rings (SSSR count). The van der Waals surface area contributed by atoms with Crippen LogP contribution in [0.4, 0.5) is 5.69 Å². The van der Waals surface area contributed by atoms with Gasteiger partial charge in [0, 0.05) is 30.9 Å². The van der Waals surface area contributed by atoms with Gasteiger partial charge >= 0.3 is 0 Å². The van der Waals surface area contributed by atoms with Crippen LogP contribution in [0.3, 0.4) is 0 Å². The Morgan fingerprint density at radius 1 is 0.974 bits per heavy atom. The Labute approximate surface area is 224 Å². The van der Waals surface area contributed by atoms with Gasteiger partial charge in [-0.3, -0.25) is 19.6 Å².